The Labute approximate surface area is 144 Å². The van der Waals surface area contributed by atoms with E-state index in [0.717, 1.165) is 35.0 Å². The molecule has 6 nitrogen and oxygen atoms in total. The Hall–Kier alpha value is -2.25. The van der Waals surface area contributed by atoms with E-state index in [9.17, 15) is 5.11 Å². The van der Waals surface area contributed by atoms with Crippen LogP contribution < -0.4 is 5.32 Å². The molecule has 3 heterocycles. The predicted octanol–water partition coefficient (Wildman–Crippen LogP) is 2.46. The lowest BCUT2D eigenvalue weighted by atomic mass is 10.2. The average molecular weight is 341 g/mol. The maximum atomic E-state index is 9.31. The maximum absolute atomic E-state index is 9.31. The summed E-state index contributed by atoms with van der Waals surface area (Å²) in [5.41, 5.74) is 3.26. The van der Waals surface area contributed by atoms with Crippen molar-refractivity contribution in [2.45, 2.75) is 18.4 Å². The number of para-hydroxylation sites is 1. The lowest BCUT2D eigenvalue weighted by Crippen LogP contribution is -2.15. The smallest absolute Gasteiger partial charge is 0.134 e. The van der Waals surface area contributed by atoms with Gasteiger partial charge in [-0.1, -0.05) is 23.9 Å². The van der Waals surface area contributed by atoms with Gasteiger partial charge in [-0.3, -0.25) is 4.99 Å². The van der Waals surface area contributed by atoms with Crippen LogP contribution >= 0.6 is 11.8 Å². The summed E-state index contributed by atoms with van der Waals surface area (Å²) in [6, 6.07) is 8.37. The SMILES string of the molecule is CNc1cccc2cc(C3=NCC(Cn4ccnc4CO)S3)[nH]c12. The summed E-state index contributed by atoms with van der Waals surface area (Å²) in [4.78, 5) is 12.3. The Kier molecular flexibility index (Phi) is 4.03. The predicted molar refractivity (Wildman–Crippen MR) is 98.8 cm³/mol. The summed E-state index contributed by atoms with van der Waals surface area (Å²) in [7, 11) is 1.93. The summed E-state index contributed by atoms with van der Waals surface area (Å²) in [6.45, 7) is 1.54. The van der Waals surface area contributed by atoms with Gasteiger partial charge in [0, 0.05) is 36.6 Å². The zero-order chi connectivity index (χ0) is 16.5. The highest BCUT2D eigenvalue weighted by Gasteiger charge is 2.23. The minimum Gasteiger partial charge on any atom is -0.388 e. The lowest BCUT2D eigenvalue weighted by Gasteiger charge is -2.11. The Morgan fingerprint density at radius 2 is 2.38 bits per heavy atom. The molecule has 0 radical (unpaired) electrons. The third-order valence-corrected chi connectivity index (χ3v) is 5.42. The third kappa shape index (κ3) is 2.70. The van der Waals surface area contributed by atoms with Crippen molar-refractivity contribution in [3.05, 3.63) is 48.2 Å². The lowest BCUT2D eigenvalue weighted by molar-refractivity contribution is 0.265. The van der Waals surface area contributed by atoms with Crippen LogP contribution in [0.3, 0.4) is 0 Å². The quantitative estimate of drug-likeness (QED) is 0.666. The molecule has 7 heteroatoms. The molecular weight excluding hydrogens is 322 g/mol. The van der Waals surface area contributed by atoms with E-state index < -0.39 is 0 Å². The number of aromatic amines is 1. The molecule has 0 spiro atoms. The van der Waals surface area contributed by atoms with Crippen LogP contribution in [0.4, 0.5) is 5.69 Å². The standard InChI is InChI=1S/C17H19N5OS/c1-18-13-4-2-3-11-7-14(21-16(11)13)17-20-8-12(24-17)9-22-6-5-19-15(22)10-23/h2-7,12,18,21,23H,8-10H2,1H3. The number of aliphatic hydroxyl groups is 1. The maximum Gasteiger partial charge on any atom is 0.134 e. The van der Waals surface area contributed by atoms with E-state index in [1.54, 1.807) is 18.0 Å². The van der Waals surface area contributed by atoms with Gasteiger partial charge in [-0.2, -0.15) is 0 Å². The molecular formula is C17H19N5OS. The fraction of sp³-hybridized carbons (Fsp3) is 0.294. The number of H-pyrrole nitrogens is 1. The topological polar surface area (TPSA) is 78.2 Å². The van der Waals surface area contributed by atoms with Gasteiger partial charge in [-0.05, 0) is 12.1 Å². The van der Waals surface area contributed by atoms with Gasteiger partial charge in [0.15, 0.2) is 0 Å². The van der Waals surface area contributed by atoms with Gasteiger partial charge in [0.2, 0.25) is 0 Å². The molecule has 4 rings (SSSR count). The zero-order valence-corrected chi connectivity index (χ0v) is 14.2. The average Bonchev–Trinajstić information content (AvgIpc) is 3.33. The molecule has 1 atom stereocenters. The van der Waals surface area contributed by atoms with Crippen LogP contribution in [0.15, 0.2) is 41.7 Å². The first-order chi connectivity index (χ1) is 11.8. The van der Waals surface area contributed by atoms with Crippen LogP contribution in [0.2, 0.25) is 0 Å². The van der Waals surface area contributed by atoms with Gasteiger partial charge >= 0.3 is 0 Å². The summed E-state index contributed by atoms with van der Waals surface area (Å²) < 4.78 is 2.00. The van der Waals surface area contributed by atoms with Gasteiger partial charge in [-0.15, -0.1) is 0 Å². The largest absolute Gasteiger partial charge is 0.388 e. The second kappa shape index (κ2) is 6.33. The number of fused-ring (bicyclic) bond motifs is 1. The van der Waals surface area contributed by atoms with Gasteiger partial charge in [0.05, 0.1) is 23.4 Å². The second-order valence-electron chi connectivity index (χ2n) is 5.74. The molecule has 0 saturated carbocycles. The van der Waals surface area contributed by atoms with Gasteiger partial charge < -0.3 is 20.0 Å². The molecule has 3 aromatic rings. The van der Waals surface area contributed by atoms with Crippen molar-refractivity contribution >= 4 is 33.4 Å². The molecule has 124 valence electrons. The number of rotatable bonds is 5. The number of aliphatic imine (C=N–C) groups is 1. The molecule has 1 aliphatic heterocycles. The molecule has 0 saturated heterocycles. The first kappa shape index (κ1) is 15.3. The molecule has 1 aliphatic rings. The van der Waals surface area contributed by atoms with Crippen LogP contribution in [0, 0.1) is 0 Å². The van der Waals surface area contributed by atoms with Crippen LogP contribution in [0.5, 0.6) is 0 Å². The second-order valence-corrected chi connectivity index (χ2v) is 7.03. The number of hydrogen-bond donors (Lipinski definition) is 3. The third-order valence-electron chi connectivity index (χ3n) is 4.22. The van der Waals surface area contributed by atoms with E-state index in [2.05, 4.69) is 33.5 Å². The highest BCUT2D eigenvalue weighted by atomic mass is 32.2. The van der Waals surface area contributed by atoms with Crippen molar-refractivity contribution < 1.29 is 5.11 Å². The zero-order valence-electron chi connectivity index (χ0n) is 13.4. The Bertz CT molecular complexity index is 897. The number of thioether (sulfide) groups is 1. The molecule has 1 aromatic carbocycles. The first-order valence-corrected chi connectivity index (χ1v) is 8.78. The van der Waals surface area contributed by atoms with Crippen molar-refractivity contribution in [3.8, 4) is 0 Å². The number of aromatic nitrogens is 3. The summed E-state index contributed by atoms with van der Waals surface area (Å²) in [5, 5.41) is 15.1. The van der Waals surface area contributed by atoms with Crippen molar-refractivity contribution in [1.29, 1.82) is 0 Å². The highest BCUT2D eigenvalue weighted by Crippen LogP contribution is 2.30. The number of hydrogen-bond acceptors (Lipinski definition) is 5. The molecule has 24 heavy (non-hydrogen) atoms. The van der Waals surface area contributed by atoms with E-state index in [4.69, 9.17) is 4.99 Å². The number of benzene rings is 1. The van der Waals surface area contributed by atoms with Crippen molar-refractivity contribution in [2.75, 3.05) is 18.9 Å². The number of nitrogens with zero attached hydrogens (tertiary/aromatic N) is 3. The number of anilines is 1. The normalized spacial score (nSPS) is 17.4. The molecule has 1 unspecified atom stereocenters. The Morgan fingerprint density at radius 1 is 1.46 bits per heavy atom. The molecule has 0 aliphatic carbocycles. The Balaban J connectivity index is 1.52. The van der Waals surface area contributed by atoms with Crippen LogP contribution in [0.25, 0.3) is 10.9 Å². The molecule has 0 bridgehead atoms. The van der Waals surface area contributed by atoms with Crippen molar-refractivity contribution in [1.82, 2.24) is 14.5 Å². The fourth-order valence-corrected chi connectivity index (χ4v) is 4.10. The minimum atomic E-state index is -0.0348. The summed E-state index contributed by atoms with van der Waals surface area (Å²) in [5.74, 6) is 0.702. The highest BCUT2D eigenvalue weighted by molar-refractivity contribution is 8.15. The molecule has 3 N–H and O–H groups in total. The van der Waals surface area contributed by atoms with E-state index >= 15 is 0 Å². The first-order valence-electron chi connectivity index (χ1n) is 7.90. The van der Waals surface area contributed by atoms with E-state index in [-0.39, 0.29) is 6.61 Å². The van der Waals surface area contributed by atoms with Crippen LogP contribution in [-0.2, 0) is 13.2 Å². The minimum absolute atomic E-state index is 0.0348. The molecule has 0 fully saturated rings. The van der Waals surface area contributed by atoms with Gasteiger partial charge in [-0.25, -0.2) is 4.98 Å². The molecule has 0 amide bonds. The van der Waals surface area contributed by atoms with Crippen LogP contribution in [0.1, 0.15) is 11.5 Å². The summed E-state index contributed by atoms with van der Waals surface area (Å²) >= 11 is 1.78. The molecule has 2 aromatic heterocycles. The van der Waals surface area contributed by atoms with E-state index in [1.807, 2.05) is 23.9 Å². The number of aliphatic hydroxyl groups excluding tert-OH is 1. The van der Waals surface area contributed by atoms with Crippen LogP contribution in [-0.4, -0.2) is 43.5 Å². The van der Waals surface area contributed by atoms with Gasteiger partial charge in [0.1, 0.15) is 17.5 Å². The fourth-order valence-electron chi connectivity index (χ4n) is 3.02. The number of nitrogens with one attached hydrogen (secondary N) is 2. The Morgan fingerprint density at radius 3 is 3.21 bits per heavy atom. The van der Waals surface area contributed by atoms with Crippen molar-refractivity contribution in [2.24, 2.45) is 4.99 Å². The number of imidazole rings is 1. The van der Waals surface area contributed by atoms with E-state index in [1.165, 1.54) is 5.39 Å². The van der Waals surface area contributed by atoms with Crippen molar-refractivity contribution in [3.63, 3.8) is 0 Å². The monoisotopic (exact) mass is 341 g/mol. The van der Waals surface area contributed by atoms with E-state index in [0.29, 0.717) is 11.1 Å². The summed E-state index contributed by atoms with van der Waals surface area (Å²) in [6.07, 6.45) is 3.64. The van der Waals surface area contributed by atoms with Gasteiger partial charge in [0.25, 0.3) is 0 Å².